The third kappa shape index (κ3) is 3.41. The average Bonchev–Trinajstić information content (AvgIpc) is 2.92. The molecule has 4 rings (SSSR count). The van der Waals surface area contributed by atoms with E-state index in [2.05, 4.69) is 5.32 Å². The van der Waals surface area contributed by atoms with E-state index < -0.39 is 11.8 Å². The van der Waals surface area contributed by atoms with Gasteiger partial charge in [-0.3, -0.25) is 14.4 Å². The monoisotopic (exact) mass is 404 g/mol. The molecular formula is C23H17ClN2O3. The molecule has 0 aromatic heterocycles. The van der Waals surface area contributed by atoms with Gasteiger partial charge in [-0.1, -0.05) is 40.9 Å². The molecule has 1 aliphatic rings. The summed E-state index contributed by atoms with van der Waals surface area (Å²) in [7, 11) is 0. The zero-order chi connectivity index (χ0) is 20.7. The highest BCUT2D eigenvalue weighted by atomic mass is 35.5. The van der Waals surface area contributed by atoms with Gasteiger partial charge >= 0.3 is 0 Å². The van der Waals surface area contributed by atoms with Crippen molar-refractivity contribution in [1.29, 1.82) is 0 Å². The van der Waals surface area contributed by atoms with E-state index in [0.29, 0.717) is 22.4 Å². The number of nitrogens with zero attached hydrogens (tertiary/aromatic N) is 1. The van der Waals surface area contributed by atoms with Crippen molar-refractivity contribution in [2.45, 2.75) is 13.8 Å². The van der Waals surface area contributed by atoms with Crippen LogP contribution in [0.4, 0.5) is 11.4 Å². The SMILES string of the molecule is Cc1cc(C)cc(C(=O)Nc2ccc(N3C(=O)c4ccccc4C3=O)c(Cl)c2)c1. The zero-order valence-electron chi connectivity index (χ0n) is 15.8. The summed E-state index contributed by atoms with van der Waals surface area (Å²) in [5, 5.41) is 2.99. The molecule has 3 aromatic carbocycles. The van der Waals surface area contributed by atoms with Gasteiger partial charge in [0, 0.05) is 11.3 Å². The number of carbonyl (C=O) groups is 3. The molecule has 6 heteroatoms. The first-order valence-electron chi connectivity index (χ1n) is 9.02. The van der Waals surface area contributed by atoms with Crippen LogP contribution in [0.2, 0.25) is 5.02 Å². The molecule has 0 fully saturated rings. The molecule has 29 heavy (non-hydrogen) atoms. The smallest absolute Gasteiger partial charge is 0.266 e. The molecule has 0 bridgehead atoms. The lowest BCUT2D eigenvalue weighted by Crippen LogP contribution is -2.29. The van der Waals surface area contributed by atoms with Gasteiger partial charge < -0.3 is 5.32 Å². The normalized spacial score (nSPS) is 12.9. The molecule has 0 spiro atoms. The summed E-state index contributed by atoms with van der Waals surface area (Å²) in [5.74, 6) is -1.10. The molecule has 0 saturated heterocycles. The number of halogens is 1. The molecule has 3 amide bonds. The van der Waals surface area contributed by atoms with E-state index in [1.54, 1.807) is 48.5 Å². The lowest BCUT2D eigenvalue weighted by molar-refractivity contribution is 0.0924. The minimum Gasteiger partial charge on any atom is -0.322 e. The zero-order valence-corrected chi connectivity index (χ0v) is 16.6. The van der Waals surface area contributed by atoms with Crippen LogP contribution in [0, 0.1) is 13.8 Å². The molecule has 1 aliphatic heterocycles. The van der Waals surface area contributed by atoms with Crippen molar-refractivity contribution in [1.82, 2.24) is 0 Å². The fourth-order valence-electron chi connectivity index (χ4n) is 3.48. The van der Waals surface area contributed by atoms with Crippen LogP contribution >= 0.6 is 11.6 Å². The number of rotatable bonds is 3. The fourth-order valence-corrected chi connectivity index (χ4v) is 3.75. The first kappa shape index (κ1) is 18.9. The highest BCUT2D eigenvalue weighted by molar-refractivity contribution is 6.40. The van der Waals surface area contributed by atoms with Crippen LogP contribution in [0.3, 0.4) is 0 Å². The molecular weight excluding hydrogens is 388 g/mol. The molecule has 0 atom stereocenters. The first-order chi connectivity index (χ1) is 13.8. The number of carbonyl (C=O) groups excluding carboxylic acids is 3. The molecule has 0 unspecified atom stereocenters. The third-order valence-electron chi connectivity index (χ3n) is 4.72. The summed E-state index contributed by atoms with van der Waals surface area (Å²) in [6, 6.07) is 16.9. The highest BCUT2D eigenvalue weighted by Crippen LogP contribution is 2.34. The van der Waals surface area contributed by atoms with Crippen molar-refractivity contribution in [2.75, 3.05) is 10.2 Å². The van der Waals surface area contributed by atoms with Crippen LogP contribution in [0.25, 0.3) is 0 Å². The van der Waals surface area contributed by atoms with Crippen LogP contribution in [0.1, 0.15) is 42.2 Å². The maximum atomic E-state index is 12.6. The summed E-state index contributed by atoms with van der Waals surface area (Å²) in [6.07, 6.45) is 0. The maximum absolute atomic E-state index is 12.6. The second-order valence-corrected chi connectivity index (χ2v) is 7.40. The number of hydrogen-bond donors (Lipinski definition) is 1. The van der Waals surface area contributed by atoms with E-state index in [0.717, 1.165) is 16.0 Å². The molecule has 0 radical (unpaired) electrons. The fraction of sp³-hybridized carbons (Fsp3) is 0.0870. The van der Waals surface area contributed by atoms with Crippen molar-refractivity contribution in [3.8, 4) is 0 Å². The summed E-state index contributed by atoms with van der Waals surface area (Å²) in [5.41, 5.74) is 3.98. The quantitative estimate of drug-likeness (QED) is 0.624. The number of benzene rings is 3. The Bertz CT molecular complexity index is 1130. The van der Waals surface area contributed by atoms with Crippen molar-refractivity contribution >= 4 is 40.7 Å². The minimum absolute atomic E-state index is 0.192. The molecule has 1 N–H and O–H groups in total. The Balaban J connectivity index is 1.60. The lowest BCUT2D eigenvalue weighted by Gasteiger charge is -2.16. The van der Waals surface area contributed by atoms with Crippen LogP contribution < -0.4 is 10.2 Å². The molecule has 144 valence electrons. The maximum Gasteiger partial charge on any atom is 0.266 e. The van der Waals surface area contributed by atoms with Gasteiger partial charge in [0.2, 0.25) is 0 Å². The van der Waals surface area contributed by atoms with E-state index in [-0.39, 0.29) is 16.6 Å². The summed E-state index contributed by atoms with van der Waals surface area (Å²) < 4.78 is 0. The minimum atomic E-state index is -0.417. The molecule has 5 nitrogen and oxygen atoms in total. The van der Waals surface area contributed by atoms with Gasteiger partial charge in [0.15, 0.2) is 0 Å². The largest absolute Gasteiger partial charge is 0.322 e. The number of aryl methyl sites for hydroxylation is 2. The topological polar surface area (TPSA) is 66.5 Å². The van der Waals surface area contributed by atoms with Crippen molar-refractivity contribution < 1.29 is 14.4 Å². The van der Waals surface area contributed by atoms with Gasteiger partial charge in [-0.25, -0.2) is 4.90 Å². The van der Waals surface area contributed by atoms with Gasteiger partial charge in [0.1, 0.15) is 0 Å². The van der Waals surface area contributed by atoms with E-state index in [1.165, 1.54) is 6.07 Å². The average molecular weight is 405 g/mol. The van der Waals surface area contributed by atoms with Crippen LogP contribution in [-0.2, 0) is 0 Å². The predicted molar refractivity (Wildman–Crippen MR) is 113 cm³/mol. The highest BCUT2D eigenvalue weighted by Gasteiger charge is 2.37. The number of imide groups is 1. The Morgan fingerprint density at radius 1 is 0.862 bits per heavy atom. The third-order valence-corrected chi connectivity index (χ3v) is 5.03. The van der Waals surface area contributed by atoms with E-state index in [1.807, 2.05) is 19.9 Å². The number of hydrogen-bond acceptors (Lipinski definition) is 3. The number of amides is 3. The molecule has 0 saturated carbocycles. The van der Waals surface area contributed by atoms with E-state index in [4.69, 9.17) is 11.6 Å². The predicted octanol–water partition coefficient (Wildman–Crippen LogP) is 5.01. The molecule has 1 heterocycles. The summed E-state index contributed by atoms with van der Waals surface area (Å²) in [4.78, 5) is 38.9. The number of nitrogens with one attached hydrogen (secondary N) is 1. The summed E-state index contributed by atoms with van der Waals surface area (Å²) >= 11 is 6.37. The van der Waals surface area contributed by atoms with Crippen LogP contribution in [0.15, 0.2) is 60.7 Å². The van der Waals surface area contributed by atoms with E-state index in [9.17, 15) is 14.4 Å². The van der Waals surface area contributed by atoms with Crippen molar-refractivity contribution in [3.05, 3.63) is 93.5 Å². The summed E-state index contributed by atoms with van der Waals surface area (Å²) in [6.45, 7) is 3.86. The van der Waals surface area contributed by atoms with Gasteiger partial charge in [0.05, 0.1) is 21.8 Å². The number of anilines is 2. The standard InChI is InChI=1S/C23H17ClN2O3/c1-13-9-14(2)11-15(10-13)21(27)25-16-7-8-20(19(24)12-16)26-22(28)17-5-3-4-6-18(17)23(26)29/h3-12H,1-2H3,(H,25,27). The second kappa shape index (κ2) is 7.18. The Morgan fingerprint density at radius 3 is 2.00 bits per heavy atom. The van der Waals surface area contributed by atoms with Gasteiger partial charge in [0.25, 0.3) is 17.7 Å². The lowest BCUT2D eigenvalue weighted by atomic mass is 10.1. The Morgan fingerprint density at radius 2 is 1.45 bits per heavy atom. The number of fused-ring (bicyclic) bond motifs is 1. The Labute approximate surface area is 172 Å². The van der Waals surface area contributed by atoms with Crippen LogP contribution in [-0.4, -0.2) is 17.7 Å². The molecule has 3 aromatic rings. The first-order valence-corrected chi connectivity index (χ1v) is 9.40. The van der Waals surface area contributed by atoms with Crippen molar-refractivity contribution in [3.63, 3.8) is 0 Å². The van der Waals surface area contributed by atoms with Gasteiger partial charge in [-0.05, 0) is 56.3 Å². The van der Waals surface area contributed by atoms with Crippen molar-refractivity contribution in [2.24, 2.45) is 0 Å². The Kier molecular flexibility index (Phi) is 4.68. The molecule has 0 aliphatic carbocycles. The van der Waals surface area contributed by atoms with Gasteiger partial charge in [-0.15, -0.1) is 0 Å². The second-order valence-electron chi connectivity index (χ2n) is 6.99. The Hall–Kier alpha value is -3.44. The van der Waals surface area contributed by atoms with Gasteiger partial charge in [-0.2, -0.15) is 0 Å². The van der Waals surface area contributed by atoms with Crippen LogP contribution in [0.5, 0.6) is 0 Å². The van der Waals surface area contributed by atoms with E-state index >= 15 is 0 Å².